The van der Waals surface area contributed by atoms with Crippen LogP contribution in [-0.4, -0.2) is 34.5 Å². The fourth-order valence-electron chi connectivity index (χ4n) is 6.22. The monoisotopic (exact) mass is 520 g/mol. The van der Waals surface area contributed by atoms with Crippen LogP contribution < -0.4 is 21.6 Å². The van der Waals surface area contributed by atoms with Gasteiger partial charge in [0.1, 0.15) is 46.0 Å². The predicted octanol–water partition coefficient (Wildman–Crippen LogP) is 3.45. The first kappa shape index (κ1) is 24.9. The number of phenols is 1. The van der Waals surface area contributed by atoms with Crippen LogP contribution in [0.5, 0.6) is 11.5 Å². The molecule has 4 atom stereocenters. The van der Waals surface area contributed by atoms with Crippen molar-refractivity contribution in [2.24, 2.45) is 11.5 Å². The van der Waals surface area contributed by atoms with E-state index in [4.69, 9.17) is 30.1 Å². The van der Waals surface area contributed by atoms with Crippen molar-refractivity contribution in [2.75, 3.05) is 0 Å². The normalized spacial score (nSPS) is 27.7. The molecule has 9 nitrogen and oxygen atoms in total. The molecule has 200 valence electrons. The molecular weight excluding hydrogens is 488 g/mol. The van der Waals surface area contributed by atoms with Crippen LogP contribution in [0.25, 0.3) is 11.0 Å². The minimum absolute atomic E-state index is 0.103. The molecule has 6 rings (SSSR count). The van der Waals surface area contributed by atoms with E-state index < -0.39 is 29.4 Å². The number of nitrogens with two attached hydrogens (primary N) is 2. The summed E-state index contributed by atoms with van der Waals surface area (Å²) in [5, 5.41) is 11.4. The SMILES string of the molecule is Cc1cc(=O)c2c(O)c3c(cc2o1)OC(C)(C)[C@@H]1OC(=O)[C@@]2(CCC[C@H]31)O[C@@H]2Cc1cccc(C(N)N)c1. The van der Waals surface area contributed by atoms with Gasteiger partial charge >= 0.3 is 5.97 Å². The van der Waals surface area contributed by atoms with Crippen LogP contribution in [0.2, 0.25) is 0 Å². The molecule has 0 unspecified atom stereocenters. The number of fused-ring (bicyclic) bond motifs is 4. The minimum Gasteiger partial charge on any atom is -0.507 e. The highest BCUT2D eigenvalue weighted by Crippen LogP contribution is 2.54. The molecule has 5 N–H and O–H groups in total. The third kappa shape index (κ3) is 3.88. The van der Waals surface area contributed by atoms with Crippen molar-refractivity contribution < 1.29 is 28.5 Å². The number of epoxide rings is 1. The Labute approximate surface area is 219 Å². The van der Waals surface area contributed by atoms with Gasteiger partial charge in [-0.3, -0.25) is 4.79 Å². The Morgan fingerprint density at radius 1 is 1.16 bits per heavy atom. The van der Waals surface area contributed by atoms with Gasteiger partial charge in [-0.05, 0) is 51.2 Å². The molecule has 0 saturated carbocycles. The maximum atomic E-state index is 13.6. The Kier molecular flexibility index (Phi) is 5.61. The van der Waals surface area contributed by atoms with Crippen LogP contribution in [0.4, 0.5) is 0 Å². The summed E-state index contributed by atoms with van der Waals surface area (Å²) in [4.78, 5) is 26.3. The Morgan fingerprint density at radius 3 is 2.71 bits per heavy atom. The molecule has 0 bridgehead atoms. The van der Waals surface area contributed by atoms with E-state index in [0.29, 0.717) is 42.8 Å². The molecule has 1 aromatic heterocycles. The van der Waals surface area contributed by atoms with Crippen molar-refractivity contribution in [1.29, 1.82) is 0 Å². The van der Waals surface area contributed by atoms with Gasteiger partial charge in [0, 0.05) is 30.0 Å². The fourth-order valence-corrected chi connectivity index (χ4v) is 6.22. The van der Waals surface area contributed by atoms with Gasteiger partial charge < -0.3 is 35.2 Å². The number of carbonyl (C=O) groups is 1. The van der Waals surface area contributed by atoms with E-state index in [1.165, 1.54) is 6.07 Å². The zero-order chi connectivity index (χ0) is 27.0. The molecule has 0 radical (unpaired) electrons. The van der Waals surface area contributed by atoms with E-state index in [0.717, 1.165) is 11.1 Å². The van der Waals surface area contributed by atoms with Gasteiger partial charge in [-0.15, -0.1) is 0 Å². The standard InChI is InChI=1S/C29H32N2O7/c1-14-10-18(32)23-19(35-14)13-20-22(24(23)33)17-8-5-9-29(27(34)36-25(17)28(2,3)37-20)21(38-29)12-15-6-4-7-16(11-15)26(30)31/h4,6-7,10-11,13,17,21,25-26,33H,5,8-9,12,30-31H2,1-3H3/t17-,21-,25-,29+/m1/s1. The van der Waals surface area contributed by atoms with Gasteiger partial charge in [-0.1, -0.05) is 24.3 Å². The Hall–Kier alpha value is -3.40. The van der Waals surface area contributed by atoms with Crippen LogP contribution in [-0.2, 0) is 20.7 Å². The third-order valence-electron chi connectivity index (χ3n) is 8.13. The van der Waals surface area contributed by atoms with Gasteiger partial charge in [0.15, 0.2) is 11.0 Å². The quantitative estimate of drug-likeness (QED) is 0.268. The fraction of sp³-hybridized carbons (Fsp3) is 0.448. The van der Waals surface area contributed by atoms with Crippen molar-refractivity contribution in [3.8, 4) is 11.5 Å². The van der Waals surface area contributed by atoms with E-state index in [1.807, 2.05) is 38.1 Å². The number of hydrogen-bond donors (Lipinski definition) is 3. The van der Waals surface area contributed by atoms with Crippen LogP contribution in [0.3, 0.4) is 0 Å². The smallest absolute Gasteiger partial charge is 0.341 e. The summed E-state index contributed by atoms with van der Waals surface area (Å²) in [6.07, 6.45) is 0.716. The van der Waals surface area contributed by atoms with E-state index in [-0.39, 0.29) is 34.2 Å². The maximum absolute atomic E-state index is 13.6. The molecule has 3 aliphatic rings. The van der Waals surface area contributed by atoms with E-state index >= 15 is 0 Å². The van der Waals surface area contributed by atoms with Gasteiger partial charge in [-0.2, -0.15) is 0 Å². The van der Waals surface area contributed by atoms with E-state index in [2.05, 4.69) is 0 Å². The molecule has 3 aliphatic heterocycles. The Morgan fingerprint density at radius 2 is 1.95 bits per heavy atom. The average Bonchev–Trinajstić information content (AvgIpc) is 3.52. The highest BCUT2D eigenvalue weighted by Gasteiger charge is 2.65. The summed E-state index contributed by atoms with van der Waals surface area (Å²) in [7, 11) is 0. The zero-order valence-electron chi connectivity index (χ0n) is 21.7. The number of rotatable bonds is 3. The van der Waals surface area contributed by atoms with Crippen molar-refractivity contribution in [2.45, 2.75) is 81.9 Å². The molecule has 0 amide bonds. The number of esters is 1. The topological polar surface area (TPSA) is 151 Å². The summed E-state index contributed by atoms with van der Waals surface area (Å²) in [5.41, 5.74) is 11.9. The zero-order valence-corrected chi connectivity index (χ0v) is 21.7. The largest absolute Gasteiger partial charge is 0.507 e. The lowest BCUT2D eigenvalue weighted by Crippen LogP contribution is -2.53. The molecular formula is C29H32N2O7. The first-order chi connectivity index (χ1) is 18.0. The lowest BCUT2D eigenvalue weighted by Gasteiger charge is -2.45. The Balaban J connectivity index is 1.31. The molecule has 2 aromatic carbocycles. The number of benzene rings is 2. The molecule has 1 spiro atoms. The van der Waals surface area contributed by atoms with Gasteiger partial charge in [-0.25, -0.2) is 4.79 Å². The molecule has 9 heteroatoms. The summed E-state index contributed by atoms with van der Waals surface area (Å²) in [6, 6.07) is 10.7. The second-order valence-corrected chi connectivity index (χ2v) is 11.2. The maximum Gasteiger partial charge on any atom is 0.341 e. The lowest BCUT2D eigenvalue weighted by atomic mass is 9.76. The number of hydrogen-bond acceptors (Lipinski definition) is 9. The third-order valence-corrected chi connectivity index (χ3v) is 8.13. The summed E-state index contributed by atoms with van der Waals surface area (Å²) < 4.78 is 24.2. The van der Waals surface area contributed by atoms with Crippen LogP contribution >= 0.6 is 0 Å². The van der Waals surface area contributed by atoms with Crippen molar-refractivity contribution in [3.05, 3.63) is 69.1 Å². The van der Waals surface area contributed by atoms with Crippen LogP contribution in [0.1, 0.15) is 67.6 Å². The minimum atomic E-state index is -1.02. The molecule has 3 aromatic rings. The second kappa shape index (κ2) is 8.56. The predicted molar refractivity (Wildman–Crippen MR) is 139 cm³/mol. The average molecular weight is 521 g/mol. The Bertz CT molecular complexity index is 1510. The van der Waals surface area contributed by atoms with Gasteiger partial charge in [0.25, 0.3) is 0 Å². The number of phenolic OH excluding ortho intramolecular Hbond substituents is 1. The molecule has 2 saturated heterocycles. The second-order valence-electron chi connectivity index (χ2n) is 11.2. The number of aromatic hydroxyl groups is 1. The summed E-state index contributed by atoms with van der Waals surface area (Å²) >= 11 is 0. The molecule has 0 aliphatic carbocycles. The van der Waals surface area contributed by atoms with Crippen molar-refractivity contribution in [3.63, 3.8) is 0 Å². The van der Waals surface area contributed by atoms with E-state index in [9.17, 15) is 14.7 Å². The highest BCUT2D eigenvalue weighted by molar-refractivity contribution is 5.88. The lowest BCUT2D eigenvalue weighted by molar-refractivity contribution is -0.173. The number of aryl methyl sites for hydroxylation is 1. The highest BCUT2D eigenvalue weighted by atomic mass is 16.7. The number of ether oxygens (including phenoxy) is 3. The van der Waals surface area contributed by atoms with Crippen molar-refractivity contribution in [1.82, 2.24) is 0 Å². The molecule has 38 heavy (non-hydrogen) atoms. The molecule has 2 fully saturated rings. The summed E-state index contributed by atoms with van der Waals surface area (Å²) in [6.45, 7) is 5.39. The van der Waals surface area contributed by atoms with Crippen LogP contribution in [0.15, 0.2) is 45.6 Å². The van der Waals surface area contributed by atoms with Gasteiger partial charge in [0.2, 0.25) is 0 Å². The first-order valence-electron chi connectivity index (χ1n) is 13.0. The van der Waals surface area contributed by atoms with Crippen LogP contribution in [0, 0.1) is 6.92 Å². The van der Waals surface area contributed by atoms with Gasteiger partial charge in [0.05, 0.1) is 6.17 Å². The van der Waals surface area contributed by atoms with Crippen molar-refractivity contribution >= 4 is 16.9 Å². The summed E-state index contributed by atoms with van der Waals surface area (Å²) in [5.74, 6) is -0.0995. The molecule has 4 heterocycles. The van der Waals surface area contributed by atoms with E-state index in [1.54, 1.807) is 13.0 Å². The first-order valence-corrected chi connectivity index (χ1v) is 13.0. The number of carbonyl (C=O) groups excluding carboxylic acids is 1.